The van der Waals surface area contributed by atoms with Gasteiger partial charge >= 0.3 is 0 Å². The Morgan fingerprint density at radius 1 is 1.19 bits per heavy atom. The lowest BCUT2D eigenvalue weighted by Crippen LogP contribution is -2.36. The number of carbonyl (C=O) groups excluding carboxylic acids is 1. The zero-order valence-electron chi connectivity index (χ0n) is 14.9. The van der Waals surface area contributed by atoms with Crippen LogP contribution < -0.4 is 9.47 Å². The number of benzene rings is 1. The third-order valence-corrected chi connectivity index (χ3v) is 5.26. The van der Waals surface area contributed by atoms with Gasteiger partial charge in [0.1, 0.15) is 0 Å². The van der Waals surface area contributed by atoms with E-state index >= 15 is 0 Å². The van der Waals surface area contributed by atoms with Gasteiger partial charge in [0, 0.05) is 12.7 Å². The molecule has 1 saturated carbocycles. The first kappa shape index (κ1) is 16.9. The van der Waals surface area contributed by atoms with Crippen LogP contribution in [0.2, 0.25) is 0 Å². The number of amides is 1. The van der Waals surface area contributed by atoms with Crippen LogP contribution in [0.4, 0.5) is 0 Å². The van der Waals surface area contributed by atoms with Crippen LogP contribution in [0, 0.1) is 5.92 Å². The van der Waals surface area contributed by atoms with Gasteiger partial charge < -0.3 is 19.4 Å². The summed E-state index contributed by atoms with van der Waals surface area (Å²) in [4.78, 5) is 22.2. The van der Waals surface area contributed by atoms with Gasteiger partial charge in [-0.25, -0.2) is 4.98 Å². The molecule has 0 bridgehead atoms. The summed E-state index contributed by atoms with van der Waals surface area (Å²) in [7, 11) is 0. The van der Waals surface area contributed by atoms with E-state index < -0.39 is 0 Å². The molecular formula is C20H25N3O3. The molecule has 4 rings (SSSR count). The zero-order valence-corrected chi connectivity index (χ0v) is 14.9. The average Bonchev–Trinajstić information content (AvgIpc) is 3.33. The molecule has 0 unspecified atom stereocenters. The normalized spacial score (nSPS) is 16.6. The fraction of sp³-hybridized carbons (Fsp3) is 0.500. The second-order valence-corrected chi connectivity index (χ2v) is 7.22. The van der Waals surface area contributed by atoms with Gasteiger partial charge in [-0.3, -0.25) is 4.79 Å². The minimum atomic E-state index is 0.143. The summed E-state index contributed by atoms with van der Waals surface area (Å²) in [6.45, 7) is 1.66. The lowest BCUT2D eigenvalue weighted by molar-refractivity contribution is -0.132. The molecular weight excluding hydrogens is 330 g/mol. The van der Waals surface area contributed by atoms with E-state index in [0.29, 0.717) is 18.9 Å². The van der Waals surface area contributed by atoms with E-state index in [0.717, 1.165) is 29.3 Å². The Balaban J connectivity index is 1.45. The van der Waals surface area contributed by atoms with Crippen molar-refractivity contribution in [2.45, 2.75) is 45.1 Å². The van der Waals surface area contributed by atoms with Gasteiger partial charge in [-0.05, 0) is 36.5 Å². The number of nitrogens with zero attached hydrogens (tertiary/aromatic N) is 2. The maximum Gasteiger partial charge on any atom is 0.231 e. The monoisotopic (exact) mass is 355 g/mol. The minimum Gasteiger partial charge on any atom is -0.454 e. The van der Waals surface area contributed by atoms with E-state index in [1.54, 1.807) is 12.5 Å². The number of carbonyl (C=O) groups is 1. The molecule has 0 spiro atoms. The molecule has 0 atom stereocenters. The van der Waals surface area contributed by atoms with Crippen LogP contribution in [-0.4, -0.2) is 34.1 Å². The number of rotatable bonds is 6. The summed E-state index contributed by atoms with van der Waals surface area (Å²) >= 11 is 0. The molecule has 138 valence electrons. The van der Waals surface area contributed by atoms with Crippen LogP contribution in [0.1, 0.15) is 43.4 Å². The number of imidazole rings is 1. The molecule has 0 radical (unpaired) electrons. The van der Waals surface area contributed by atoms with Gasteiger partial charge in [0.2, 0.25) is 12.7 Å². The van der Waals surface area contributed by atoms with Crippen molar-refractivity contribution >= 4 is 5.91 Å². The van der Waals surface area contributed by atoms with Crippen molar-refractivity contribution < 1.29 is 14.3 Å². The number of aromatic amines is 1. The zero-order chi connectivity index (χ0) is 17.8. The molecule has 0 saturated heterocycles. The molecule has 26 heavy (non-hydrogen) atoms. The molecule has 1 fully saturated rings. The van der Waals surface area contributed by atoms with Crippen molar-refractivity contribution in [2.24, 2.45) is 5.92 Å². The predicted molar refractivity (Wildman–Crippen MR) is 96.8 cm³/mol. The van der Waals surface area contributed by atoms with Gasteiger partial charge in [0.15, 0.2) is 11.5 Å². The van der Waals surface area contributed by atoms with Gasteiger partial charge in [-0.15, -0.1) is 0 Å². The third-order valence-electron chi connectivity index (χ3n) is 5.26. The minimum absolute atomic E-state index is 0.143. The van der Waals surface area contributed by atoms with E-state index in [9.17, 15) is 4.79 Å². The third kappa shape index (κ3) is 4.00. The molecule has 2 heterocycles. The quantitative estimate of drug-likeness (QED) is 0.863. The van der Waals surface area contributed by atoms with Gasteiger partial charge in [-0.1, -0.05) is 25.3 Å². The number of aromatic nitrogens is 2. The highest BCUT2D eigenvalue weighted by Crippen LogP contribution is 2.33. The molecule has 6 nitrogen and oxygen atoms in total. The number of nitrogens with one attached hydrogen (secondary N) is 1. The van der Waals surface area contributed by atoms with Crippen LogP contribution in [0.15, 0.2) is 30.7 Å². The number of H-pyrrole nitrogens is 1. The first-order valence-electron chi connectivity index (χ1n) is 9.41. The Hall–Kier alpha value is -2.50. The highest BCUT2D eigenvalue weighted by molar-refractivity contribution is 5.79. The number of fused-ring (bicyclic) bond motifs is 1. The Morgan fingerprint density at radius 3 is 2.85 bits per heavy atom. The lowest BCUT2D eigenvalue weighted by Gasteiger charge is -2.29. The Bertz CT molecular complexity index is 739. The number of hydrogen-bond donors (Lipinski definition) is 1. The second-order valence-electron chi connectivity index (χ2n) is 7.22. The summed E-state index contributed by atoms with van der Waals surface area (Å²) in [6.07, 6.45) is 10.1. The summed E-state index contributed by atoms with van der Waals surface area (Å²) < 4.78 is 10.8. The molecule has 2 aromatic rings. The van der Waals surface area contributed by atoms with Crippen molar-refractivity contribution in [3.8, 4) is 11.5 Å². The van der Waals surface area contributed by atoms with Gasteiger partial charge in [0.05, 0.1) is 25.0 Å². The highest BCUT2D eigenvalue weighted by Gasteiger charge is 2.22. The predicted octanol–water partition coefficient (Wildman–Crippen LogP) is 3.29. The largest absolute Gasteiger partial charge is 0.454 e. The number of hydrogen-bond acceptors (Lipinski definition) is 4. The Morgan fingerprint density at radius 2 is 2.04 bits per heavy atom. The molecule has 1 aromatic carbocycles. The SMILES string of the molecule is O=C(Cc1ccc2c(c1)OCO2)N(Cc1cnc[nH]1)CC1CCCCC1. The molecule has 6 heteroatoms. The van der Waals surface area contributed by atoms with Crippen molar-refractivity contribution in [1.82, 2.24) is 14.9 Å². The fourth-order valence-electron chi connectivity index (χ4n) is 3.85. The molecule has 1 aliphatic carbocycles. The molecule has 1 amide bonds. The Kier molecular flexibility index (Phi) is 5.09. The number of ether oxygens (including phenoxy) is 2. The van der Waals surface area contributed by atoms with E-state index in [4.69, 9.17) is 9.47 Å². The summed E-state index contributed by atoms with van der Waals surface area (Å²) in [6, 6.07) is 5.74. The van der Waals surface area contributed by atoms with E-state index in [-0.39, 0.29) is 12.7 Å². The second kappa shape index (κ2) is 7.81. The summed E-state index contributed by atoms with van der Waals surface area (Å²) in [5.74, 6) is 2.22. The van der Waals surface area contributed by atoms with Crippen molar-refractivity contribution in [3.05, 3.63) is 42.0 Å². The maximum absolute atomic E-state index is 13.0. The van der Waals surface area contributed by atoms with Gasteiger partial charge in [-0.2, -0.15) is 0 Å². The van der Waals surface area contributed by atoms with E-state index in [1.807, 2.05) is 23.1 Å². The van der Waals surface area contributed by atoms with Crippen LogP contribution >= 0.6 is 0 Å². The standard InChI is InChI=1S/C20H25N3O3/c24-20(9-16-6-7-18-19(8-16)26-14-25-18)23(12-17-10-21-13-22-17)11-15-4-2-1-3-5-15/h6-8,10,13,15H,1-5,9,11-12,14H2,(H,21,22). The summed E-state index contributed by atoms with van der Waals surface area (Å²) in [5.41, 5.74) is 1.93. The topological polar surface area (TPSA) is 67.5 Å². The maximum atomic E-state index is 13.0. The molecule has 1 aromatic heterocycles. The Labute approximate surface area is 153 Å². The average molecular weight is 355 g/mol. The highest BCUT2D eigenvalue weighted by atomic mass is 16.7. The smallest absolute Gasteiger partial charge is 0.231 e. The van der Waals surface area contributed by atoms with E-state index in [1.165, 1.54) is 32.1 Å². The lowest BCUT2D eigenvalue weighted by atomic mass is 9.89. The van der Waals surface area contributed by atoms with Crippen molar-refractivity contribution in [1.29, 1.82) is 0 Å². The molecule has 2 aliphatic rings. The van der Waals surface area contributed by atoms with Crippen LogP contribution in [0.25, 0.3) is 0 Å². The van der Waals surface area contributed by atoms with Gasteiger partial charge in [0.25, 0.3) is 0 Å². The van der Waals surface area contributed by atoms with Crippen molar-refractivity contribution in [3.63, 3.8) is 0 Å². The first-order chi connectivity index (χ1) is 12.8. The molecule has 1 N–H and O–H groups in total. The summed E-state index contributed by atoms with van der Waals surface area (Å²) in [5, 5.41) is 0. The van der Waals surface area contributed by atoms with Crippen LogP contribution in [-0.2, 0) is 17.8 Å². The van der Waals surface area contributed by atoms with E-state index in [2.05, 4.69) is 9.97 Å². The van der Waals surface area contributed by atoms with Crippen LogP contribution in [0.3, 0.4) is 0 Å². The van der Waals surface area contributed by atoms with Crippen molar-refractivity contribution in [2.75, 3.05) is 13.3 Å². The fourth-order valence-corrected chi connectivity index (χ4v) is 3.85. The van der Waals surface area contributed by atoms with Crippen LogP contribution in [0.5, 0.6) is 11.5 Å². The first-order valence-corrected chi connectivity index (χ1v) is 9.41. The molecule has 1 aliphatic heterocycles.